The molecule has 5 heteroatoms. The SMILES string of the molecule is C[C@@H](c1ccccc1)N(C(=O)[C@@H]1CCCN1)C(C)(C)C(N)=O. The molecule has 2 amide bonds. The number of nitrogens with one attached hydrogen (secondary N) is 1. The molecule has 0 radical (unpaired) electrons. The summed E-state index contributed by atoms with van der Waals surface area (Å²) in [6.07, 6.45) is 1.77. The van der Waals surface area contributed by atoms with Gasteiger partial charge in [-0.25, -0.2) is 0 Å². The lowest BCUT2D eigenvalue weighted by Gasteiger charge is -2.42. The standard InChI is InChI=1S/C17H25N3O2/c1-12(13-8-5-4-6-9-13)20(17(2,3)16(18)22)15(21)14-10-7-11-19-14/h4-6,8-9,12,14,19H,7,10-11H2,1-3H3,(H2,18,22)/t12-,14-/m0/s1. The molecule has 1 aliphatic rings. The molecule has 0 bridgehead atoms. The van der Waals surface area contributed by atoms with Gasteiger partial charge in [0.2, 0.25) is 11.8 Å². The first-order chi connectivity index (χ1) is 10.4. The van der Waals surface area contributed by atoms with Gasteiger partial charge in [-0.3, -0.25) is 9.59 Å². The number of nitrogens with two attached hydrogens (primary N) is 1. The summed E-state index contributed by atoms with van der Waals surface area (Å²) in [6, 6.07) is 9.26. The van der Waals surface area contributed by atoms with Crippen molar-refractivity contribution in [3.63, 3.8) is 0 Å². The van der Waals surface area contributed by atoms with Crippen molar-refractivity contribution in [2.24, 2.45) is 5.73 Å². The third-order valence-corrected chi connectivity index (χ3v) is 4.47. The van der Waals surface area contributed by atoms with Gasteiger partial charge in [-0.2, -0.15) is 0 Å². The Bertz CT molecular complexity index is 536. The van der Waals surface area contributed by atoms with Gasteiger partial charge in [0.15, 0.2) is 0 Å². The van der Waals surface area contributed by atoms with Crippen LogP contribution in [-0.2, 0) is 9.59 Å². The monoisotopic (exact) mass is 303 g/mol. The lowest BCUT2D eigenvalue weighted by atomic mass is 9.94. The first-order valence-corrected chi connectivity index (χ1v) is 7.77. The third-order valence-electron chi connectivity index (χ3n) is 4.47. The van der Waals surface area contributed by atoms with Crippen LogP contribution in [0.5, 0.6) is 0 Å². The Labute approximate surface area is 131 Å². The van der Waals surface area contributed by atoms with E-state index in [4.69, 9.17) is 5.73 Å². The van der Waals surface area contributed by atoms with Crippen LogP contribution in [0.1, 0.15) is 45.2 Å². The maximum atomic E-state index is 13.0. The van der Waals surface area contributed by atoms with E-state index in [1.54, 1.807) is 18.7 Å². The van der Waals surface area contributed by atoms with E-state index >= 15 is 0 Å². The Kier molecular flexibility index (Phi) is 4.86. The molecule has 22 heavy (non-hydrogen) atoms. The normalized spacial score (nSPS) is 19.7. The minimum Gasteiger partial charge on any atom is -0.368 e. The van der Waals surface area contributed by atoms with Crippen molar-refractivity contribution in [2.75, 3.05) is 6.54 Å². The molecule has 1 aromatic rings. The van der Waals surface area contributed by atoms with Crippen molar-refractivity contribution in [3.05, 3.63) is 35.9 Å². The third kappa shape index (κ3) is 3.14. The summed E-state index contributed by atoms with van der Waals surface area (Å²) in [5, 5.41) is 3.21. The first-order valence-electron chi connectivity index (χ1n) is 7.77. The molecule has 1 fully saturated rings. The maximum absolute atomic E-state index is 13.0. The van der Waals surface area contributed by atoms with Crippen molar-refractivity contribution >= 4 is 11.8 Å². The van der Waals surface area contributed by atoms with Crippen LogP contribution >= 0.6 is 0 Å². The van der Waals surface area contributed by atoms with Crippen molar-refractivity contribution in [2.45, 2.75) is 51.2 Å². The summed E-state index contributed by atoms with van der Waals surface area (Å²) in [4.78, 5) is 26.5. The summed E-state index contributed by atoms with van der Waals surface area (Å²) in [7, 11) is 0. The van der Waals surface area contributed by atoms with Crippen LogP contribution in [0.4, 0.5) is 0 Å². The zero-order valence-electron chi connectivity index (χ0n) is 13.5. The Hall–Kier alpha value is -1.88. The van der Waals surface area contributed by atoms with Gasteiger partial charge in [0.05, 0.1) is 12.1 Å². The van der Waals surface area contributed by atoms with Crippen LogP contribution in [0.15, 0.2) is 30.3 Å². The molecule has 0 aliphatic carbocycles. The van der Waals surface area contributed by atoms with Crippen LogP contribution < -0.4 is 11.1 Å². The number of benzene rings is 1. The van der Waals surface area contributed by atoms with Gasteiger partial charge in [-0.15, -0.1) is 0 Å². The van der Waals surface area contributed by atoms with E-state index in [0.717, 1.165) is 24.9 Å². The molecule has 0 unspecified atom stereocenters. The lowest BCUT2D eigenvalue weighted by Crippen LogP contribution is -2.59. The van der Waals surface area contributed by atoms with Gasteiger partial charge in [-0.1, -0.05) is 30.3 Å². The Morgan fingerprint density at radius 1 is 1.32 bits per heavy atom. The Balaban J connectivity index is 2.36. The largest absolute Gasteiger partial charge is 0.368 e. The fourth-order valence-electron chi connectivity index (χ4n) is 3.01. The molecule has 1 aromatic carbocycles. The predicted octanol–water partition coefficient (Wildman–Crippen LogP) is 1.59. The number of carbonyl (C=O) groups excluding carboxylic acids is 2. The second kappa shape index (κ2) is 6.48. The lowest BCUT2D eigenvalue weighted by molar-refractivity contribution is -0.149. The molecule has 0 spiro atoms. The summed E-state index contributed by atoms with van der Waals surface area (Å²) in [5.41, 5.74) is 5.51. The highest BCUT2D eigenvalue weighted by Gasteiger charge is 2.42. The van der Waals surface area contributed by atoms with Crippen molar-refractivity contribution in [3.8, 4) is 0 Å². The van der Waals surface area contributed by atoms with Gasteiger partial charge < -0.3 is 16.0 Å². The topological polar surface area (TPSA) is 75.4 Å². The molecule has 120 valence electrons. The van der Waals surface area contributed by atoms with E-state index < -0.39 is 11.4 Å². The molecule has 5 nitrogen and oxygen atoms in total. The van der Waals surface area contributed by atoms with Crippen LogP contribution in [0.3, 0.4) is 0 Å². The molecular weight excluding hydrogens is 278 g/mol. The molecule has 0 aromatic heterocycles. The number of hydrogen-bond donors (Lipinski definition) is 2. The van der Waals surface area contributed by atoms with Crippen molar-refractivity contribution in [1.82, 2.24) is 10.2 Å². The average molecular weight is 303 g/mol. The highest BCUT2D eigenvalue weighted by atomic mass is 16.2. The first kappa shape index (κ1) is 16.5. The second-order valence-corrected chi connectivity index (χ2v) is 6.37. The maximum Gasteiger partial charge on any atom is 0.242 e. The number of carbonyl (C=O) groups is 2. The van der Waals surface area contributed by atoms with Gasteiger partial charge in [0, 0.05) is 0 Å². The fraction of sp³-hybridized carbons (Fsp3) is 0.529. The van der Waals surface area contributed by atoms with E-state index in [1.165, 1.54) is 0 Å². The molecular formula is C17H25N3O2. The molecule has 2 rings (SSSR count). The minimum atomic E-state index is -1.05. The Morgan fingerprint density at radius 2 is 1.95 bits per heavy atom. The molecule has 3 N–H and O–H groups in total. The van der Waals surface area contributed by atoms with Crippen LogP contribution in [0.25, 0.3) is 0 Å². The van der Waals surface area contributed by atoms with E-state index in [9.17, 15) is 9.59 Å². The van der Waals surface area contributed by atoms with E-state index in [1.807, 2.05) is 37.3 Å². The highest BCUT2D eigenvalue weighted by Crippen LogP contribution is 2.30. The minimum absolute atomic E-state index is 0.0577. The molecule has 1 saturated heterocycles. The number of amides is 2. The molecule has 1 aliphatic heterocycles. The summed E-state index contributed by atoms with van der Waals surface area (Å²) in [5.74, 6) is -0.556. The zero-order chi connectivity index (χ0) is 16.3. The van der Waals surface area contributed by atoms with E-state index in [2.05, 4.69) is 5.32 Å². The van der Waals surface area contributed by atoms with E-state index in [0.29, 0.717) is 0 Å². The highest BCUT2D eigenvalue weighted by molar-refractivity contribution is 5.92. The summed E-state index contributed by atoms with van der Waals surface area (Å²) >= 11 is 0. The van der Waals surface area contributed by atoms with Crippen molar-refractivity contribution < 1.29 is 9.59 Å². The van der Waals surface area contributed by atoms with Crippen LogP contribution in [-0.4, -0.2) is 34.8 Å². The summed E-state index contributed by atoms with van der Waals surface area (Å²) in [6.45, 7) is 6.19. The van der Waals surface area contributed by atoms with Gasteiger partial charge in [-0.05, 0) is 45.7 Å². The van der Waals surface area contributed by atoms with Crippen LogP contribution in [0.2, 0.25) is 0 Å². The average Bonchev–Trinajstić information content (AvgIpc) is 3.02. The zero-order valence-corrected chi connectivity index (χ0v) is 13.5. The van der Waals surface area contributed by atoms with Gasteiger partial charge >= 0.3 is 0 Å². The number of nitrogens with zero attached hydrogens (tertiary/aromatic N) is 1. The number of rotatable bonds is 5. The van der Waals surface area contributed by atoms with Crippen LogP contribution in [0, 0.1) is 0 Å². The number of primary amides is 1. The quantitative estimate of drug-likeness (QED) is 0.867. The molecule has 0 saturated carbocycles. The summed E-state index contributed by atoms with van der Waals surface area (Å²) < 4.78 is 0. The molecule has 1 heterocycles. The fourth-order valence-corrected chi connectivity index (χ4v) is 3.01. The predicted molar refractivity (Wildman–Crippen MR) is 86.0 cm³/mol. The number of hydrogen-bond acceptors (Lipinski definition) is 3. The smallest absolute Gasteiger partial charge is 0.242 e. The Morgan fingerprint density at radius 3 is 2.45 bits per heavy atom. The van der Waals surface area contributed by atoms with E-state index in [-0.39, 0.29) is 18.0 Å². The van der Waals surface area contributed by atoms with Gasteiger partial charge in [0.25, 0.3) is 0 Å². The van der Waals surface area contributed by atoms with Gasteiger partial charge in [0.1, 0.15) is 5.54 Å². The molecule has 2 atom stereocenters. The van der Waals surface area contributed by atoms with Crippen molar-refractivity contribution in [1.29, 1.82) is 0 Å². The second-order valence-electron chi connectivity index (χ2n) is 6.37.